The summed E-state index contributed by atoms with van der Waals surface area (Å²) in [6.45, 7) is 0. The van der Waals surface area contributed by atoms with E-state index in [2.05, 4.69) is 0 Å². The molecule has 0 bridgehead atoms. The Morgan fingerprint density at radius 3 is 2.58 bits per heavy atom. The third-order valence-electron chi connectivity index (χ3n) is 2.52. The first kappa shape index (κ1) is 13.5. The maximum Gasteiger partial charge on any atom is 0.335 e. The molecule has 0 radical (unpaired) electrons. The van der Waals surface area contributed by atoms with Crippen LogP contribution in [0.4, 0.5) is 8.78 Å². The quantitative estimate of drug-likeness (QED) is 0.861. The van der Waals surface area contributed by atoms with Gasteiger partial charge in [-0.05, 0) is 35.9 Å². The molecule has 0 heterocycles. The van der Waals surface area contributed by atoms with Crippen LogP contribution in [-0.2, 0) is 5.75 Å². The lowest BCUT2D eigenvalue weighted by Gasteiger charge is -2.07. The second-order valence-corrected chi connectivity index (χ2v) is 4.84. The highest BCUT2D eigenvalue weighted by Crippen LogP contribution is 2.27. The first-order valence-electron chi connectivity index (χ1n) is 5.47. The molecule has 0 saturated heterocycles. The van der Waals surface area contributed by atoms with E-state index in [1.54, 1.807) is 18.2 Å². The average molecular weight is 280 g/mol. The van der Waals surface area contributed by atoms with Gasteiger partial charge in [0.1, 0.15) is 11.6 Å². The number of benzene rings is 2. The zero-order valence-corrected chi connectivity index (χ0v) is 10.6. The van der Waals surface area contributed by atoms with Crippen LogP contribution in [0.15, 0.2) is 47.4 Å². The fourth-order valence-electron chi connectivity index (χ4n) is 1.61. The molecule has 2 aromatic rings. The normalized spacial score (nSPS) is 10.4. The van der Waals surface area contributed by atoms with E-state index in [0.29, 0.717) is 10.5 Å². The summed E-state index contributed by atoms with van der Waals surface area (Å²) in [7, 11) is 0. The van der Waals surface area contributed by atoms with E-state index in [1.807, 2.05) is 0 Å². The topological polar surface area (TPSA) is 37.3 Å². The van der Waals surface area contributed by atoms with Crippen LogP contribution >= 0.6 is 11.8 Å². The fraction of sp³-hybridized carbons (Fsp3) is 0.0714. The van der Waals surface area contributed by atoms with Gasteiger partial charge in [-0.3, -0.25) is 0 Å². The van der Waals surface area contributed by atoms with Crippen LogP contribution in [-0.4, -0.2) is 11.1 Å². The number of carboxylic acid groups (broad SMARTS) is 1. The van der Waals surface area contributed by atoms with Gasteiger partial charge >= 0.3 is 5.97 Å². The number of halogens is 2. The van der Waals surface area contributed by atoms with Crippen molar-refractivity contribution in [2.24, 2.45) is 0 Å². The molecule has 0 aliphatic heterocycles. The van der Waals surface area contributed by atoms with Gasteiger partial charge in [0.2, 0.25) is 0 Å². The van der Waals surface area contributed by atoms with Crippen LogP contribution in [0.1, 0.15) is 15.9 Å². The molecule has 1 N–H and O–H groups in total. The van der Waals surface area contributed by atoms with Crippen LogP contribution in [0.5, 0.6) is 0 Å². The molecule has 19 heavy (non-hydrogen) atoms. The predicted molar refractivity (Wildman–Crippen MR) is 69.3 cm³/mol. The summed E-state index contributed by atoms with van der Waals surface area (Å²) >= 11 is 1.14. The number of hydrogen-bond donors (Lipinski definition) is 1. The van der Waals surface area contributed by atoms with E-state index in [-0.39, 0.29) is 17.1 Å². The van der Waals surface area contributed by atoms with Crippen molar-refractivity contribution in [3.63, 3.8) is 0 Å². The van der Waals surface area contributed by atoms with E-state index in [1.165, 1.54) is 12.1 Å². The lowest BCUT2D eigenvalue weighted by Crippen LogP contribution is -2.02. The smallest absolute Gasteiger partial charge is 0.335 e. The van der Waals surface area contributed by atoms with E-state index in [4.69, 9.17) is 5.11 Å². The molecule has 0 aliphatic carbocycles. The number of thioether (sulfide) groups is 1. The Morgan fingerprint density at radius 1 is 1.16 bits per heavy atom. The molecule has 0 saturated carbocycles. The summed E-state index contributed by atoms with van der Waals surface area (Å²) in [6.07, 6.45) is 0. The van der Waals surface area contributed by atoms with Gasteiger partial charge in [-0.25, -0.2) is 13.6 Å². The molecule has 98 valence electrons. The van der Waals surface area contributed by atoms with E-state index in [9.17, 15) is 13.6 Å². The second kappa shape index (κ2) is 5.84. The molecular weight excluding hydrogens is 270 g/mol. The Labute approximate surface area is 113 Å². The van der Waals surface area contributed by atoms with Crippen molar-refractivity contribution >= 4 is 17.7 Å². The van der Waals surface area contributed by atoms with Crippen molar-refractivity contribution in [2.75, 3.05) is 0 Å². The minimum absolute atomic E-state index is 0.0326. The molecule has 0 aliphatic rings. The highest BCUT2D eigenvalue weighted by molar-refractivity contribution is 7.98. The minimum atomic E-state index is -1.12. The summed E-state index contributed by atoms with van der Waals surface area (Å²) in [5.41, 5.74) is 0.367. The van der Waals surface area contributed by atoms with Gasteiger partial charge in [0.15, 0.2) is 0 Å². The molecule has 5 heteroatoms. The maximum atomic E-state index is 13.4. The standard InChI is InChI=1S/C14H10F2O2S/c15-10-5-6-11(14(17)18)9(7-10)8-19-13-4-2-1-3-12(13)16/h1-7H,8H2,(H,17,18). The summed E-state index contributed by atoms with van der Waals surface area (Å²) in [6, 6.07) is 9.66. The van der Waals surface area contributed by atoms with Crippen molar-refractivity contribution in [1.82, 2.24) is 0 Å². The van der Waals surface area contributed by atoms with Gasteiger partial charge in [0.05, 0.1) is 5.56 Å². The van der Waals surface area contributed by atoms with Crippen molar-refractivity contribution < 1.29 is 18.7 Å². The third kappa shape index (κ3) is 3.32. The van der Waals surface area contributed by atoms with Crippen molar-refractivity contribution in [3.05, 3.63) is 65.2 Å². The monoisotopic (exact) mass is 280 g/mol. The Kier molecular flexibility index (Phi) is 4.16. The molecule has 2 rings (SSSR count). The van der Waals surface area contributed by atoms with Crippen molar-refractivity contribution in [2.45, 2.75) is 10.6 Å². The van der Waals surface area contributed by atoms with Gasteiger partial charge in [0.25, 0.3) is 0 Å². The summed E-state index contributed by atoms with van der Waals surface area (Å²) in [5, 5.41) is 9.00. The molecule has 0 spiro atoms. The summed E-state index contributed by atoms with van der Waals surface area (Å²) < 4.78 is 26.6. The Balaban J connectivity index is 2.22. The first-order valence-corrected chi connectivity index (χ1v) is 6.45. The van der Waals surface area contributed by atoms with Gasteiger partial charge in [-0.2, -0.15) is 0 Å². The molecule has 0 unspecified atom stereocenters. The fourth-order valence-corrected chi connectivity index (χ4v) is 2.54. The van der Waals surface area contributed by atoms with Gasteiger partial charge in [0, 0.05) is 10.6 Å². The number of rotatable bonds is 4. The average Bonchev–Trinajstić information content (AvgIpc) is 2.37. The molecule has 0 fully saturated rings. The van der Waals surface area contributed by atoms with Crippen LogP contribution in [0.2, 0.25) is 0 Å². The lowest BCUT2D eigenvalue weighted by molar-refractivity contribution is 0.0696. The van der Waals surface area contributed by atoms with E-state index < -0.39 is 11.8 Å². The molecule has 0 aromatic heterocycles. The van der Waals surface area contributed by atoms with Gasteiger partial charge in [-0.1, -0.05) is 12.1 Å². The largest absolute Gasteiger partial charge is 0.478 e. The molecule has 0 amide bonds. The predicted octanol–water partition coefficient (Wildman–Crippen LogP) is 3.96. The minimum Gasteiger partial charge on any atom is -0.478 e. The Morgan fingerprint density at radius 2 is 1.89 bits per heavy atom. The first-order chi connectivity index (χ1) is 9.08. The number of carbonyl (C=O) groups is 1. The zero-order chi connectivity index (χ0) is 13.8. The van der Waals surface area contributed by atoms with Crippen LogP contribution in [0.3, 0.4) is 0 Å². The number of hydrogen-bond acceptors (Lipinski definition) is 2. The van der Waals surface area contributed by atoms with Gasteiger partial charge < -0.3 is 5.11 Å². The van der Waals surface area contributed by atoms with Crippen molar-refractivity contribution in [3.8, 4) is 0 Å². The molecule has 0 atom stereocenters. The SMILES string of the molecule is O=C(O)c1ccc(F)cc1CSc1ccccc1F. The Hall–Kier alpha value is -1.88. The molecular formula is C14H10F2O2S. The number of carboxylic acids is 1. The molecule has 2 aromatic carbocycles. The van der Waals surface area contributed by atoms with E-state index in [0.717, 1.165) is 23.9 Å². The van der Waals surface area contributed by atoms with Crippen LogP contribution in [0.25, 0.3) is 0 Å². The highest BCUT2D eigenvalue weighted by Gasteiger charge is 2.12. The van der Waals surface area contributed by atoms with E-state index >= 15 is 0 Å². The highest BCUT2D eigenvalue weighted by atomic mass is 32.2. The third-order valence-corrected chi connectivity index (χ3v) is 3.61. The number of aromatic carboxylic acids is 1. The zero-order valence-electron chi connectivity index (χ0n) is 9.77. The summed E-state index contributed by atoms with van der Waals surface area (Å²) in [4.78, 5) is 11.4. The lowest BCUT2D eigenvalue weighted by atomic mass is 10.1. The Bertz CT molecular complexity index is 614. The van der Waals surface area contributed by atoms with Crippen LogP contribution < -0.4 is 0 Å². The van der Waals surface area contributed by atoms with Gasteiger partial charge in [-0.15, -0.1) is 11.8 Å². The summed E-state index contributed by atoms with van der Waals surface area (Å²) in [5.74, 6) is -1.81. The second-order valence-electron chi connectivity index (χ2n) is 3.83. The molecule has 2 nitrogen and oxygen atoms in total. The van der Waals surface area contributed by atoms with Crippen molar-refractivity contribution in [1.29, 1.82) is 0 Å². The maximum absolute atomic E-state index is 13.4. The van der Waals surface area contributed by atoms with Crippen LogP contribution in [0, 0.1) is 11.6 Å².